The van der Waals surface area contributed by atoms with E-state index in [1.54, 1.807) is 6.07 Å². The molecule has 0 atom stereocenters. The van der Waals surface area contributed by atoms with E-state index in [0.29, 0.717) is 34.2 Å². The second-order valence-corrected chi connectivity index (χ2v) is 21.7. The van der Waals surface area contributed by atoms with E-state index < -0.39 is 17.2 Å². The fraction of sp³-hybridized carbons (Fsp3) is 0.100. The number of hydrogen-bond acceptors (Lipinski definition) is 3. The summed E-state index contributed by atoms with van der Waals surface area (Å²) in [6.45, 7) is 9.06. The second kappa shape index (κ2) is 16.6. The number of halogens is 3. The molecule has 0 unspecified atom stereocenters. The lowest BCUT2D eigenvalue weighted by molar-refractivity contribution is -0.137. The highest BCUT2D eigenvalue weighted by molar-refractivity contribution is 6.17. The van der Waals surface area contributed by atoms with Gasteiger partial charge in [0.25, 0.3) is 0 Å². The van der Waals surface area contributed by atoms with Crippen molar-refractivity contribution in [3.63, 3.8) is 0 Å². The third-order valence-electron chi connectivity index (χ3n) is 16.8. The number of para-hydroxylation sites is 2. The Morgan fingerprint density at radius 2 is 0.756 bits per heavy atom. The van der Waals surface area contributed by atoms with E-state index in [1.165, 1.54) is 33.9 Å². The number of nitrogens with zero attached hydrogens (tertiary/aromatic N) is 5. The van der Waals surface area contributed by atoms with Crippen LogP contribution in [0, 0.1) is 0 Å². The Hall–Kier alpha value is -9.40. The Bertz CT molecular complexity index is 4600. The first-order valence-electron chi connectivity index (χ1n) is 26.4. The Morgan fingerprint density at radius 3 is 1.26 bits per heavy atom. The van der Waals surface area contributed by atoms with Gasteiger partial charge in [0.2, 0.25) is 0 Å². The van der Waals surface area contributed by atoms with Gasteiger partial charge in [-0.05, 0) is 87.0 Å². The molecule has 2 aliphatic carbocycles. The predicted octanol–water partition coefficient (Wildman–Crippen LogP) is 18.4. The predicted molar refractivity (Wildman–Crippen MR) is 310 cm³/mol. The summed E-state index contributed by atoms with van der Waals surface area (Å²) in [6.07, 6.45) is -4.82. The van der Waals surface area contributed by atoms with Crippen molar-refractivity contribution in [1.29, 1.82) is 0 Å². The fourth-order valence-corrected chi connectivity index (χ4v) is 13.5. The highest BCUT2D eigenvalue weighted by atomic mass is 19.4. The quantitative estimate of drug-likeness (QED) is 0.167. The van der Waals surface area contributed by atoms with E-state index in [0.717, 1.165) is 71.4 Å². The zero-order valence-corrected chi connectivity index (χ0v) is 43.2. The first kappa shape index (κ1) is 45.9. The van der Waals surface area contributed by atoms with Gasteiger partial charge in [-0.3, -0.25) is 0 Å². The molecule has 15 rings (SSSR count). The Labute approximate surface area is 448 Å². The third-order valence-corrected chi connectivity index (χ3v) is 16.8. The molecule has 0 spiro atoms. The van der Waals surface area contributed by atoms with Crippen LogP contribution in [-0.4, -0.2) is 24.1 Å². The molecule has 0 amide bonds. The van der Waals surface area contributed by atoms with Crippen LogP contribution in [0.1, 0.15) is 55.5 Å². The second-order valence-electron chi connectivity index (χ2n) is 21.7. The first-order chi connectivity index (χ1) is 37.9. The summed E-state index contributed by atoms with van der Waals surface area (Å²) >= 11 is 0. The lowest BCUT2D eigenvalue weighted by Crippen LogP contribution is -2.15. The normalized spacial score (nSPS) is 14.0. The zero-order valence-electron chi connectivity index (χ0n) is 43.2. The van der Waals surface area contributed by atoms with E-state index in [1.807, 2.05) is 109 Å². The van der Waals surface area contributed by atoms with Gasteiger partial charge in [0, 0.05) is 60.2 Å². The Morgan fingerprint density at radius 1 is 0.346 bits per heavy atom. The SMILES string of the molecule is CC1(C)c2ccccc2-c2ccc3c(c21)c1ccccc1n3-c1cccc(-c2nc(-c3ccccc3)nc(-c3ccccc3)n2)c1-c1c(-n2c3ccccc3c3c4c(ccc32)-c2ccccc2C4(C)C)cccc1C(F)(F)F. The minimum absolute atomic E-state index is 0.00376. The first-order valence-corrected chi connectivity index (χ1v) is 26.4. The Kier molecular flexibility index (Phi) is 9.75. The molecule has 0 aliphatic heterocycles. The van der Waals surface area contributed by atoms with Gasteiger partial charge in [0.15, 0.2) is 17.5 Å². The van der Waals surface area contributed by atoms with Crippen molar-refractivity contribution in [2.24, 2.45) is 0 Å². The number of rotatable bonds is 6. The largest absolute Gasteiger partial charge is 0.417 e. The topological polar surface area (TPSA) is 48.5 Å². The van der Waals surface area contributed by atoms with Crippen LogP contribution < -0.4 is 0 Å². The van der Waals surface area contributed by atoms with E-state index in [2.05, 4.69) is 134 Å². The fourth-order valence-electron chi connectivity index (χ4n) is 13.5. The summed E-state index contributed by atoms with van der Waals surface area (Å²) in [7, 11) is 0. The van der Waals surface area contributed by atoms with Crippen LogP contribution in [0.25, 0.3) is 123 Å². The molecule has 0 N–H and O–H groups in total. The average molecular weight is 1020 g/mol. The van der Waals surface area contributed by atoms with E-state index in [4.69, 9.17) is 15.0 Å². The van der Waals surface area contributed by atoms with Crippen LogP contribution in [-0.2, 0) is 17.0 Å². The number of hydrogen-bond donors (Lipinski definition) is 0. The molecule has 8 heteroatoms. The van der Waals surface area contributed by atoms with Crippen molar-refractivity contribution < 1.29 is 13.2 Å². The molecule has 374 valence electrons. The van der Waals surface area contributed by atoms with Crippen LogP contribution in [0.15, 0.2) is 218 Å². The van der Waals surface area contributed by atoms with Crippen LogP contribution in [0.4, 0.5) is 13.2 Å². The smallest absolute Gasteiger partial charge is 0.309 e. The number of fused-ring (bicyclic) bond motifs is 14. The highest BCUT2D eigenvalue weighted by Crippen LogP contribution is 2.57. The molecule has 0 fully saturated rings. The third kappa shape index (κ3) is 6.46. The molecule has 3 heterocycles. The highest BCUT2D eigenvalue weighted by Gasteiger charge is 2.42. The van der Waals surface area contributed by atoms with Crippen molar-refractivity contribution in [1.82, 2.24) is 24.1 Å². The number of benzene rings is 10. The van der Waals surface area contributed by atoms with Crippen LogP contribution in [0.5, 0.6) is 0 Å². The summed E-state index contributed by atoms with van der Waals surface area (Å²) in [5, 5.41) is 4.03. The van der Waals surface area contributed by atoms with Crippen LogP contribution in [0.2, 0.25) is 0 Å². The van der Waals surface area contributed by atoms with Gasteiger partial charge in [-0.15, -0.1) is 0 Å². The summed E-state index contributed by atoms with van der Waals surface area (Å²) in [4.78, 5) is 15.6. The van der Waals surface area contributed by atoms with Gasteiger partial charge in [0.1, 0.15) is 0 Å². The van der Waals surface area contributed by atoms with Gasteiger partial charge >= 0.3 is 6.18 Å². The average Bonchev–Trinajstić information content (AvgIpc) is 4.25. The van der Waals surface area contributed by atoms with Gasteiger partial charge < -0.3 is 9.13 Å². The standard InChI is InChI=1S/C70H48F3N5/c1-68(2)50-30-15-11-25-43(50)45-37-39-57-60(63(45)68)47-27-13-17-33-53(47)77(57)55-35-19-29-49(67-75-65(41-21-7-5-8-22-41)74-66(76-67)42-23-9-6-10-24-42)59(55)62-52(70(71,72)73)32-20-36-56(62)78-54-34-18-14-28-48(54)61-58(78)40-38-46-44-26-12-16-31-51(44)69(3,4)64(46)61/h5-40H,1-4H3. The molecular formula is C70H48F3N5. The van der Waals surface area contributed by atoms with Gasteiger partial charge in [-0.1, -0.05) is 204 Å². The van der Waals surface area contributed by atoms with Gasteiger partial charge in [-0.2, -0.15) is 13.2 Å². The molecule has 0 radical (unpaired) electrons. The molecular weight excluding hydrogens is 968 g/mol. The monoisotopic (exact) mass is 1020 g/mol. The van der Waals surface area contributed by atoms with Crippen LogP contribution in [0.3, 0.4) is 0 Å². The van der Waals surface area contributed by atoms with Crippen molar-refractivity contribution in [2.75, 3.05) is 0 Å². The van der Waals surface area contributed by atoms with E-state index in [9.17, 15) is 0 Å². The minimum Gasteiger partial charge on any atom is -0.309 e. The summed E-state index contributed by atoms with van der Waals surface area (Å²) < 4.78 is 54.7. The molecule has 0 saturated carbocycles. The molecule has 10 aromatic carbocycles. The van der Waals surface area contributed by atoms with Gasteiger partial charge in [-0.25, -0.2) is 15.0 Å². The van der Waals surface area contributed by atoms with Crippen molar-refractivity contribution >= 4 is 43.6 Å². The zero-order chi connectivity index (χ0) is 52.8. The van der Waals surface area contributed by atoms with Crippen molar-refractivity contribution in [3.8, 4) is 78.9 Å². The molecule has 78 heavy (non-hydrogen) atoms. The molecule has 0 saturated heterocycles. The lowest BCUT2D eigenvalue weighted by atomic mass is 9.80. The number of aromatic nitrogens is 5. The maximum Gasteiger partial charge on any atom is 0.417 e. The van der Waals surface area contributed by atoms with Crippen LogP contribution >= 0.6 is 0 Å². The summed E-state index contributed by atoms with van der Waals surface area (Å²) in [6, 6.07) is 71.9. The van der Waals surface area contributed by atoms with Gasteiger partial charge in [0.05, 0.1) is 39.0 Å². The molecule has 0 bridgehead atoms. The Balaban J connectivity index is 1.11. The molecule has 13 aromatic rings. The summed E-state index contributed by atoms with van der Waals surface area (Å²) in [5.41, 5.74) is 14.3. The molecule has 2 aliphatic rings. The maximum atomic E-state index is 16.8. The van der Waals surface area contributed by atoms with E-state index >= 15 is 13.2 Å². The maximum absolute atomic E-state index is 16.8. The lowest BCUT2D eigenvalue weighted by Gasteiger charge is -2.25. The van der Waals surface area contributed by atoms with Crippen molar-refractivity contribution in [2.45, 2.75) is 44.7 Å². The van der Waals surface area contributed by atoms with Crippen molar-refractivity contribution in [3.05, 3.63) is 246 Å². The minimum atomic E-state index is -4.82. The molecule has 3 aromatic heterocycles. The summed E-state index contributed by atoms with van der Waals surface area (Å²) in [5.74, 6) is 1.03. The van der Waals surface area contributed by atoms with E-state index in [-0.39, 0.29) is 16.8 Å². The number of alkyl halides is 3. The molecule has 5 nitrogen and oxygen atoms in total.